The molecule has 2 N–H and O–H groups in total. The lowest BCUT2D eigenvalue weighted by Gasteiger charge is -1.98. The van der Waals surface area contributed by atoms with Gasteiger partial charge >= 0.3 is 0 Å². The molecule has 0 radical (unpaired) electrons. The molecule has 1 heterocycles. The Hall–Kier alpha value is -1.48. The highest BCUT2D eigenvalue weighted by atomic mass is 35.5. The summed E-state index contributed by atoms with van der Waals surface area (Å²) in [4.78, 5) is 10.8. The highest BCUT2D eigenvalue weighted by Gasteiger charge is 2.03. The van der Waals surface area contributed by atoms with Crippen molar-refractivity contribution in [3.8, 4) is 11.3 Å². The summed E-state index contributed by atoms with van der Waals surface area (Å²) in [6.07, 6.45) is 0. The van der Waals surface area contributed by atoms with Crippen molar-refractivity contribution in [3.05, 3.63) is 45.7 Å². The Kier molecular flexibility index (Phi) is 1.94. The molecular weight excluding hydrogens is 188 g/mol. The molecule has 3 nitrogen and oxygen atoms in total. The van der Waals surface area contributed by atoms with E-state index >= 15 is 0 Å². The van der Waals surface area contributed by atoms with Crippen LogP contribution >= 0.6 is 11.6 Å². The van der Waals surface area contributed by atoms with Gasteiger partial charge in [0.1, 0.15) is 0 Å². The Labute approximate surface area is 79.4 Å². The highest BCUT2D eigenvalue weighted by Crippen LogP contribution is 2.24. The van der Waals surface area contributed by atoms with Crippen molar-refractivity contribution in [1.29, 1.82) is 0 Å². The minimum absolute atomic E-state index is 0.157. The number of rotatable bonds is 1. The normalized spacial score (nSPS) is 10.2. The number of halogens is 1. The maximum Gasteiger partial charge on any atom is 0.264 e. The first-order chi connectivity index (χ1) is 6.27. The van der Waals surface area contributed by atoms with Gasteiger partial charge in [0.2, 0.25) is 0 Å². The van der Waals surface area contributed by atoms with Gasteiger partial charge in [0.15, 0.2) is 0 Å². The molecule has 0 spiro atoms. The Morgan fingerprint density at radius 2 is 1.92 bits per heavy atom. The van der Waals surface area contributed by atoms with Gasteiger partial charge in [-0.3, -0.25) is 15.0 Å². The molecule has 1 aromatic heterocycles. The quantitative estimate of drug-likeness (QED) is 0.717. The van der Waals surface area contributed by atoms with Crippen LogP contribution in [0.15, 0.2) is 35.1 Å². The first kappa shape index (κ1) is 8.13. The smallest absolute Gasteiger partial charge is 0.264 e. The van der Waals surface area contributed by atoms with E-state index in [4.69, 9.17) is 11.6 Å². The molecule has 0 bridgehead atoms. The summed E-state index contributed by atoms with van der Waals surface area (Å²) >= 11 is 5.93. The molecule has 66 valence electrons. The molecule has 0 saturated heterocycles. The second-order valence-corrected chi connectivity index (χ2v) is 3.06. The summed E-state index contributed by atoms with van der Waals surface area (Å²) in [6, 6.07) is 8.81. The van der Waals surface area contributed by atoms with Gasteiger partial charge in [-0.05, 0) is 6.07 Å². The molecule has 0 aliphatic rings. The lowest BCUT2D eigenvalue weighted by atomic mass is 10.1. The van der Waals surface area contributed by atoms with Crippen LogP contribution in [-0.4, -0.2) is 10.2 Å². The summed E-state index contributed by atoms with van der Waals surface area (Å²) in [7, 11) is 0. The summed E-state index contributed by atoms with van der Waals surface area (Å²) in [5, 5.41) is 5.82. The van der Waals surface area contributed by atoms with Crippen molar-refractivity contribution in [1.82, 2.24) is 10.2 Å². The van der Waals surface area contributed by atoms with Crippen LogP contribution in [0.3, 0.4) is 0 Å². The second kappa shape index (κ2) is 3.11. The molecule has 0 unspecified atom stereocenters. The van der Waals surface area contributed by atoms with Gasteiger partial charge in [0.25, 0.3) is 5.56 Å². The summed E-state index contributed by atoms with van der Waals surface area (Å²) in [5.74, 6) is 0. The Morgan fingerprint density at radius 3 is 2.54 bits per heavy atom. The number of aromatic nitrogens is 2. The van der Waals surface area contributed by atoms with Crippen LogP contribution in [0.4, 0.5) is 0 Å². The van der Waals surface area contributed by atoms with Crippen molar-refractivity contribution in [3.63, 3.8) is 0 Å². The lowest BCUT2D eigenvalue weighted by molar-refractivity contribution is 1.06. The topological polar surface area (TPSA) is 48.6 Å². The maximum absolute atomic E-state index is 10.8. The van der Waals surface area contributed by atoms with Crippen LogP contribution in [0.5, 0.6) is 0 Å². The van der Waals surface area contributed by atoms with E-state index in [0.29, 0.717) is 10.7 Å². The molecule has 2 aromatic rings. The fourth-order valence-corrected chi connectivity index (χ4v) is 1.39. The summed E-state index contributed by atoms with van der Waals surface area (Å²) in [6.45, 7) is 0. The minimum Gasteiger partial charge on any atom is -0.297 e. The molecule has 2 rings (SSSR count). The molecule has 0 atom stereocenters. The van der Waals surface area contributed by atoms with Crippen molar-refractivity contribution in [2.24, 2.45) is 0 Å². The van der Waals surface area contributed by atoms with E-state index in [1.165, 1.54) is 6.07 Å². The summed E-state index contributed by atoms with van der Waals surface area (Å²) < 4.78 is 0. The molecule has 4 heteroatoms. The average molecular weight is 195 g/mol. The molecule has 0 aliphatic carbocycles. The van der Waals surface area contributed by atoms with Gasteiger partial charge < -0.3 is 0 Å². The predicted octanol–water partition coefficient (Wildman–Crippen LogP) is 2.02. The number of aromatic amines is 2. The van der Waals surface area contributed by atoms with Gasteiger partial charge in [-0.2, -0.15) is 0 Å². The van der Waals surface area contributed by atoms with Crippen molar-refractivity contribution in [2.45, 2.75) is 0 Å². The molecule has 13 heavy (non-hydrogen) atoms. The van der Waals surface area contributed by atoms with Crippen LogP contribution in [-0.2, 0) is 0 Å². The van der Waals surface area contributed by atoms with Crippen LogP contribution in [0.25, 0.3) is 11.3 Å². The third kappa shape index (κ3) is 1.51. The van der Waals surface area contributed by atoms with Crippen molar-refractivity contribution >= 4 is 11.6 Å². The first-order valence-electron chi connectivity index (χ1n) is 3.80. The molecule has 1 aromatic carbocycles. The summed E-state index contributed by atoms with van der Waals surface area (Å²) in [5.41, 5.74) is 1.37. The Bertz CT molecular complexity index is 472. The molecular formula is C9H7ClN2O. The fourth-order valence-electron chi connectivity index (χ4n) is 1.16. The van der Waals surface area contributed by atoms with E-state index in [0.717, 1.165) is 5.56 Å². The van der Waals surface area contributed by atoms with E-state index < -0.39 is 0 Å². The lowest BCUT2D eigenvalue weighted by Crippen LogP contribution is -1.93. The van der Waals surface area contributed by atoms with Gasteiger partial charge in [0, 0.05) is 16.7 Å². The van der Waals surface area contributed by atoms with Crippen LogP contribution in [0, 0.1) is 0 Å². The Balaban J connectivity index is 2.58. The first-order valence-corrected chi connectivity index (χ1v) is 4.18. The van der Waals surface area contributed by atoms with Crippen LogP contribution < -0.4 is 5.56 Å². The van der Waals surface area contributed by atoms with E-state index in [9.17, 15) is 4.79 Å². The SMILES string of the molecule is O=c1cc(-c2ccccc2Cl)[nH][nH]1. The van der Waals surface area contributed by atoms with E-state index in [1.54, 1.807) is 6.07 Å². The molecule has 0 amide bonds. The number of hydrogen-bond acceptors (Lipinski definition) is 1. The van der Waals surface area contributed by atoms with Gasteiger partial charge in [-0.1, -0.05) is 29.8 Å². The maximum atomic E-state index is 10.8. The fraction of sp³-hybridized carbons (Fsp3) is 0. The monoisotopic (exact) mass is 194 g/mol. The van der Waals surface area contributed by atoms with Gasteiger partial charge in [0.05, 0.1) is 5.69 Å². The number of H-pyrrole nitrogens is 2. The van der Waals surface area contributed by atoms with Gasteiger partial charge in [-0.15, -0.1) is 0 Å². The zero-order valence-electron chi connectivity index (χ0n) is 6.67. The third-order valence-electron chi connectivity index (χ3n) is 1.76. The molecule has 0 fully saturated rings. The minimum atomic E-state index is -0.157. The number of nitrogens with one attached hydrogen (secondary N) is 2. The van der Waals surface area contributed by atoms with Gasteiger partial charge in [-0.25, -0.2) is 0 Å². The second-order valence-electron chi connectivity index (χ2n) is 2.65. The predicted molar refractivity (Wildman–Crippen MR) is 51.9 cm³/mol. The zero-order chi connectivity index (χ0) is 9.26. The molecule has 0 saturated carbocycles. The third-order valence-corrected chi connectivity index (χ3v) is 2.09. The van der Waals surface area contributed by atoms with Crippen molar-refractivity contribution in [2.75, 3.05) is 0 Å². The highest BCUT2D eigenvalue weighted by molar-refractivity contribution is 6.33. The van der Waals surface area contributed by atoms with Crippen LogP contribution in [0.2, 0.25) is 5.02 Å². The van der Waals surface area contributed by atoms with E-state index in [2.05, 4.69) is 10.2 Å². The van der Waals surface area contributed by atoms with Crippen LogP contribution in [0.1, 0.15) is 0 Å². The average Bonchev–Trinajstić information content (AvgIpc) is 2.53. The largest absolute Gasteiger partial charge is 0.297 e. The standard InChI is InChI=1S/C9H7ClN2O/c10-7-4-2-1-3-6(7)8-5-9(13)12-11-8/h1-5H,(H2,11,12,13). The molecule has 0 aliphatic heterocycles. The van der Waals surface area contributed by atoms with E-state index in [-0.39, 0.29) is 5.56 Å². The van der Waals surface area contributed by atoms with Crippen molar-refractivity contribution < 1.29 is 0 Å². The van der Waals surface area contributed by atoms with E-state index in [1.807, 2.05) is 18.2 Å². The Morgan fingerprint density at radius 1 is 1.15 bits per heavy atom. The number of benzene rings is 1. The number of hydrogen-bond donors (Lipinski definition) is 2. The zero-order valence-corrected chi connectivity index (χ0v) is 7.43.